The van der Waals surface area contributed by atoms with Crippen LogP contribution in [0.1, 0.15) is 12.6 Å². The molecular formula is C10H8Cl2N2O2. The SMILES string of the molecule is COC(=O)C(C)(C#N)c1ncc(Cl)cc1Cl. The zero-order chi connectivity index (χ0) is 12.3. The van der Waals surface area contributed by atoms with Crippen LogP contribution in [-0.4, -0.2) is 18.1 Å². The summed E-state index contributed by atoms with van der Waals surface area (Å²) in [6.07, 6.45) is 1.32. The van der Waals surface area contributed by atoms with Gasteiger partial charge in [0.2, 0.25) is 0 Å². The van der Waals surface area contributed by atoms with Crippen molar-refractivity contribution in [1.82, 2.24) is 4.98 Å². The smallest absolute Gasteiger partial charge is 0.332 e. The molecule has 0 bridgehead atoms. The van der Waals surface area contributed by atoms with Gasteiger partial charge in [-0.1, -0.05) is 23.2 Å². The second-order valence-corrected chi connectivity index (χ2v) is 4.06. The van der Waals surface area contributed by atoms with Gasteiger partial charge in [-0.05, 0) is 13.0 Å². The Bertz CT molecular complexity index is 470. The highest BCUT2D eigenvalue weighted by Gasteiger charge is 2.40. The predicted molar refractivity (Wildman–Crippen MR) is 59.2 cm³/mol. The molecule has 0 fully saturated rings. The summed E-state index contributed by atoms with van der Waals surface area (Å²) >= 11 is 11.6. The number of aromatic nitrogens is 1. The lowest BCUT2D eigenvalue weighted by atomic mass is 9.88. The van der Waals surface area contributed by atoms with Crippen LogP contribution in [0.15, 0.2) is 12.3 Å². The van der Waals surface area contributed by atoms with Crippen molar-refractivity contribution in [3.8, 4) is 6.07 Å². The van der Waals surface area contributed by atoms with Crippen LogP contribution in [0.4, 0.5) is 0 Å². The first-order valence-corrected chi connectivity index (χ1v) is 5.02. The molecule has 0 radical (unpaired) electrons. The molecule has 1 aromatic rings. The lowest BCUT2D eigenvalue weighted by Gasteiger charge is -2.18. The van der Waals surface area contributed by atoms with Crippen molar-refractivity contribution < 1.29 is 9.53 Å². The van der Waals surface area contributed by atoms with Crippen LogP contribution in [0.25, 0.3) is 0 Å². The molecule has 16 heavy (non-hydrogen) atoms. The van der Waals surface area contributed by atoms with E-state index in [1.165, 1.54) is 26.3 Å². The van der Waals surface area contributed by atoms with Gasteiger partial charge in [-0.15, -0.1) is 0 Å². The standard InChI is InChI=1S/C10H8Cl2N2O2/c1-10(5-13,9(15)16-2)8-7(12)3-6(11)4-14-8/h3-4H,1-2H3. The fourth-order valence-electron chi connectivity index (χ4n) is 1.18. The monoisotopic (exact) mass is 258 g/mol. The van der Waals surface area contributed by atoms with Gasteiger partial charge in [-0.3, -0.25) is 4.98 Å². The van der Waals surface area contributed by atoms with E-state index in [0.717, 1.165) is 0 Å². The van der Waals surface area contributed by atoms with E-state index in [0.29, 0.717) is 5.02 Å². The van der Waals surface area contributed by atoms with E-state index in [1.807, 2.05) is 6.07 Å². The fraction of sp³-hybridized carbons (Fsp3) is 0.300. The first kappa shape index (κ1) is 12.8. The van der Waals surface area contributed by atoms with Gasteiger partial charge in [0.25, 0.3) is 0 Å². The molecule has 0 aliphatic heterocycles. The molecule has 1 unspecified atom stereocenters. The van der Waals surface area contributed by atoms with E-state index < -0.39 is 11.4 Å². The van der Waals surface area contributed by atoms with E-state index in [1.54, 1.807) is 0 Å². The van der Waals surface area contributed by atoms with Crippen LogP contribution in [0, 0.1) is 11.3 Å². The van der Waals surface area contributed by atoms with Crippen LogP contribution in [0.5, 0.6) is 0 Å². The van der Waals surface area contributed by atoms with Crippen molar-refractivity contribution in [3.05, 3.63) is 28.0 Å². The third kappa shape index (κ3) is 2.11. The minimum absolute atomic E-state index is 0.132. The molecule has 4 nitrogen and oxygen atoms in total. The van der Waals surface area contributed by atoms with Crippen molar-refractivity contribution in [1.29, 1.82) is 5.26 Å². The zero-order valence-corrected chi connectivity index (χ0v) is 10.1. The molecule has 0 saturated heterocycles. The van der Waals surface area contributed by atoms with E-state index in [-0.39, 0.29) is 10.7 Å². The summed E-state index contributed by atoms with van der Waals surface area (Å²) in [4.78, 5) is 15.4. The summed E-state index contributed by atoms with van der Waals surface area (Å²) in [5.41, 5.74) is -1.40. The predicted octanol–water partition coefficient (Wildman–Crippen LogP) is 2.34. The number of pyridine rings is 1. The van der Waals surface area contributed by atoms with Crippen LogP contribution in [-0.2, 0) is 14.9 Å². The van der Waals surface area contributed by atoms with Gasteiger partial charge in [-0.2, -0.15) is 5.26 Å². The first-order valence-electron chi connectivity index (χ1n) is 4.27. The summed E-state index contributed by atoms with van der Waals surface area (Å²) in [6, 6.07) is 3.26. The number of nitrogens with zero attached hydrogens (tertiary/aromatic N) is 2. The van der Waals surface area contributed by atoms with Crippen LogP contribution in [0.3, 0.4) is 0 Å². The number of hydrogen-bond acceptors (Lipinski definition) is 4. The van der Waals surface area contributed by atoms with E-state index in [9.17, 15) is 4.79 Å². The number of ether oxygens (including phenoxy) is 1. The summed E-state index contributed by atoms with van der Waals surface area (Å²) in [6.45, 7) is 1.39. The summed E-state index contributed by atoms with van der Waals surface area (Å²) < 4.78 is 4.55. The Morgan fingerprint density at radius 3 is 2.69 bits per heavy atom. The Balaban J connectivity index is 3.35. The van der Waals surface area contributed by atoms with Crippen molar-refractivity contribution in [3.63, 3.8) is 0 Å². The maximum atomic E-state index is 11.5. The van der Waals surface area contributed by atoms with Crippen LogP contribution >= 0.6 is 23.2 Å². The number of carbonyl (C=O) groups is 1. The molecule has 0 spiro atoms. The largest absolute Gasteiger partial charge is 0.468 e. The van der Waals surface area contributed by atoms with Crippen molar-refractivity contribution >= 4 is 29.2 Å². The van der Waals surface area contributed by atoms with Gasteiger partial charge < -0.3 is 4.74 Å². The highest BCUT2D eigenvalue weighted by atomic mass is 35.5. The van der Waals surface area contributed by atoms with Gasteiger partial charge in [-0.25, -0.2) is 4.79 Å². The number of rotatable bonds is 2. The van der Waals surface area contributed by atoms with E-state index >= 15 is 0 Å². The summed E-state index contributed by atoms with van der Waals surface area (Å²) in [7, 11) is 1.20. The molecule has 0 amide bonds. The summed E-state index contributed by atoms with van der Waals surface area (Å²) in [5.74, 6) is -0.716. The van der Waals surface area contributed by atoms with Gasteiger partial charge in [0.15, 0.2) is 5.41 Å². The van der Waals surface area contributed by atoms with E-state index in [2.05, 4.69) is 9.72 Å². The molecule has 1 aromatic heterocycles. The highest BCUT2D eigenvalue weighted by molar-refractivity contribution is 6.35. The maximum Gasteiger partial charge on any atom is 0.332 e. The lowest BCUT2D eigenvalue weighted by molar-refractivity contribution is -0.144. The van der Waals surface area contributed by atoms with Gasteiger partial charge >= 0.3 is 5.97 Å². The summed E-state index contributed by atoms with van der Waals surface area (Å²) in [5, 5.41) is 9.54. The topological polar surface area (TPSA) is 63.0 Å². The van der Waals surface area contributed by atoms with Crippen molar-refractivity contribution in [2.24, 2.45) is 0 Å². The number of halogens is 2. The van der Waals surface area contributed by atoms with Crippen LogP contribution in [0.2, 0.25) is 10.0 Å². The molecule has 1 heterocycles. The van der Waals surface area contributed by atoms with Crippen molar-refractivity contribution in [2.75, 3.05) is 7.11 Å². The molecule has 0 aliphatic carbocycles. The Kier molecular flexibility index (Phi) is 3.74. The quantitative estimate of drug-likeness (QED) is 0.764. The Labute approximate surface area is 103 Å². The van der Waals surface area contributed by atoms with E-state index in [4.69, 9.17) is 28.5 Å². The first-order chi connectivity index (χ1) is 7.45. The number of carbonyl (C=O) groups excluding carboxylic acids is 1. The molecule has 0 saturated carbocycles. The molecule has 1 rings (SSSR count). The average molecular weight is 259 g/mol. The Morgan fingerprint density at radius 1 is 1.62 bits per heavy atom. The molecular weight excluding hydrogens is 251 g/mol. The van der Waals surface area contributed by atoms with Gasteiger partial charge in [0, 0.05) is 6.20 Å². The number of hydrogen-bond donors (Lipinski definition) is 0. The normalized spacial score (nSPS) is 13.7. The Hall–Kier alpha value is -1.31. The molecule has 0 N–H and O–H groups in total. The molecule has 0 aromatic carbocycles. The Morgan fingerprint density at radius 2 is 2.25 bits per heavy atom. The second-order valence-electron chi connectivity index (χ2n) is 3.21. The minimum atomic E-state index is -1.53. The minimum Gasteiger partial charge on any atom is -0.468 e. The molecule has 84 valence electrons. The average Bonchev–Trinajstić information content (AvgIpc) is 2.27. The van der Waals surface area contributed by atoms with Crippen LogP contribution < -0.4 is 0 Å². The zero-order valence-electron chi connectivity index (χ0n) is 8.62. The van der Waals surface area contributed by atoms with Gasteiger partial charge in [0.05, 0.1) is 28.9 Å². The maximum absolute atomic E-state index is 11.5. The third-order valence-corrected chi connectivity index (χ3v) is 2.59. The third-order valence-electron chi connectivity index (χ3n) is 2.10. The second kappa shape index (κ2) is 4.69. The number of esters is 1. The fourth-order valence-corrected chi connectivity index (χ4v) is 1.75. The van der Waals surface area contributed by atoms with Crippen molar-refractivity contribution in [2.45, 2.75) is 12.3 Å². The van der Waals surface area contributed by atoms with Gasteiger partial charge in [0.1, 0.15) is 0 Å². The molecule has 0 aliphatic rings. The molecule has 1 atom stereocenters. The molecule has 6 heteroatoms. The number of methoxy groups -OCH3 is 1. The highest BCUT2D eigenvalue weighted by Crippen LogP contribution is 2.30. The number of nitriles is 1. The lowest BCUT2D eigenvalue weighted by Crippen LogP contribution is -2.33.